The minimum Gasteiger partial charge on any atom is -0.496 e. The van der Waals surface area contributed by atoms with Gasteiger partial charge in [0, 0.05) is 12.6 Å². The molecule has 1 atom stereocenters. The number of hydrogen-bond donors (Lipinski definition) is 1. The lowest BCUT2D eigenvalue weighted by Gasteiger charge is -2.24. The molecule has 2 rings (SSSR count). The Balaban J connectivity index is 2.28. The maximum Gasteiger partial charge on any atom is 0.258 e. The number of sulfonamides is 1. The molecule has 1 aliphatic heterocycles. The van der Waals surface area contributed by atoms with Crippen molar-refractivity contribution in [2.24, 2.45) is 5.14 Å². The molecule has 0 radical (unpaired) electrons. The Morgan fingerprint density at radius 1 is 1.52 bits per heavy atom. The van der Waals surface area contributed by atoms with Crippen molar-refractivity contribution < 1.29 is 22.3 Å². The van der Waals surface area contributed by atoms with Gasteiger partial charge >= 0.3 is 0 Å². The lowest BCUT2D eigenvalue weighted by molar-refractivity contribution is 0.0745. The first kappa shape index (κ1) is 15.7. The van der Waals surface area contributed by atoms with E-state index in [1.54, 1.807) is 0 Å². The van der Waals surface area contributed by atoms with Crippen molar-refractivity contribution in [3.63, 3.8) is 0 Å². The van der Waals surface area contributed by atoms with Crippen LogP contribution in [0.2, 0.25) is 0 Å². The molecular weight excluding hydrogens is 299 g/mol. The monoisotopic (exact) mass is 316 g/mol. The Hall–Kier alpha value is -1.67. The van der Waals surface area contributed by atoms with Gasteiger partial charge in [-0.15, -0.1) is 0 Å². The fourth-order valence-corrected chi connectivity index (χ4v) is 3.43. The molecule has 1 fully saturated rings. The van der Waals surface area contributed by atoms with Gasteiger partial charge < -0.3 is 9.64 Å². The first-order chi connectivity index (χ1) is 9.81. The number of likely N-dealkylation sites (tertiary alicyclic amines) is 1. The Kier molecular flexibility index (Phi) is 4.48. The third-order valence-electron chi connectivity index (χ3n) is 3.45. The van der Waals surface area contributed by atoms with Crippen LogP contribution in [-0.4, -0.2) is 44.7 Å². The summed E-state index contributed by atoms with van der Waals surface area (Å²) in [5.41, 5.74) is 0.0822. The Morgan fingerprint density at radius 2 is 2.24 bits per heavy atom. The van der Waals surface area contributed by atoms with Gasteiger partial charge in [0.15, 0.2) is 0 Å². The van der Waals surface area contributed by atoms with Crippen LogP contribution in [0.15, 0.2) is 18.2 Å². The van der Waals surface area contributed by atoms with E-state index in [0.717, 1.165) is 6.07 Å². The van der Waals surface area contributed by atoms with Crippen LogP contribution in [0.3, 0.4) is 0 Å². The number of primary sulfonamides is 1. The predicted molar refractivity (Wildman–Crippen MR) is 75.0 cm³/mol. The molecule has 116 valence electrons. The first-order valence-corrected chi connectivity index (χ1v) is 8.18. The van der Waals surface area contributed by atoms with Gasteiger partial charge in [-0.25, -0.2) is 17.9 Å². The molecule has 1 unspecified atom stereocenters. The summed E-state index contributed by atoms with van der Waals surface area (Å²) >= 11 is 0. The van der Waals surface area contributed by atoms with Crippen molar-refractivity contribution in [1.82, 2.24) is 4.90 Å². The molecule has 1 aromatic rings. The Morgan fingerprint density at radius 3 is 2.86 bits per heavy atom. The molecule has 21 heavy (non-hydrogen) atoms. The van der Waals surface area contributed by atoms with Gasteiger partial charge in [-0.3, -0.25) is 4.79 Å². The number of ether oxygens (including phenoxy) is 1. The number of halogens is 1. The molecule has 6 nitrogen and oxygen atoms in total. The highest BCUT2D eigenvalue weighted by molar-refractivity contribution is 7.89. The lowest BCUT2D eigenvalue weighted by Crippen LogP contribution is -2.41. The normalized spacial score (nSPS) is 18.8. The zero-order chi connectivity index (χ0) is 15.6. The first-order valence-electron chi connectivity index (χ1n) is 6.47. The third kappa shape index (κ3) is 3.70. The van der Waals surface area contributed by atoms with Crippen molar-refractivity contribution >= 4 is 15.9 Å². The molecule has 1 aromatic carbocycles. The zero-order valence-electron chi connectivity index (χ0n) is 11.6. The average Bonchev–Trinajstić information content (AvgIpc) is 2.83. The molecule has 0 aliphatic carbocycles. The number of amides is 1. The van der Waals surface area contributed by atoms with Crippen molar-refractivity contribution in [3.05, 3.63) is 29.6 Å². The number of nitrogens with zero attached hydrogens (tertiary/aromatic N) is 1. The molecule has 1 heterocycles. The van der Waals surface area contributed by atoms with Crippen LogP contribution >= 0.6 is 0 Å². The highest BCUT2D eigenvalue weighted by Gasteiger charge is 2.33. The largest absolute Gasteiger partial charge is 0.496 e. The van der Waals surface area contributed by atoms with Gasteiger partial charge in [0.2, 0.25) is 10.0 Å². The molecule has 2 N–H and O–H groups in total. The average molecular weight is 316 g/mol. The van der Waals surface area contributed by atoms with E-state index in [-0.39, 0.29) is 17.1 Å². The topological polar surface area (TPSA) is 89.7 Å². The van der Waals surface area contributed by atoms with Gasteiger partial charge in [0.1, 0.15) is 11.6 Å². The van der Waals surface area contributed by atoms with E-state index in [0.29, 0.717) is 19.4 Å². The standard InChI is InChI=1S/C13H17FN2O4S/c1-20-12-5-4-9(14)7-11(12)13(17)16-6-2-3-10(16)8-21(15,18)19/h4-5,7,10H,2-3,6,8H2,1H3,(H2,15,18,19). The highest BCUT2D eigenvalue weighted by atomic mass is 32.2. The Labute approximate surface area is 122 Å². The van der Waals surface area contributed by atoms with E-state index in [1.165, 1.54) is 24.1 Å². The Bertz CT molecular complexity index is 648. The summed E-state index contributed by atoms with van der Waals surface area (Å²) in [5.74, 6) is -1.04. The number of carbonyl (C=O) groups excluding carboxylic acids is 1. The van der Waals surface area contributed by atoms with Gasteiger partial charge in [-0.05, 0) is 31.0 Å². The summed E-state index contributed by atoms with van der Waals surface area (Å²) in [7, 11) is -2.29. The number of nitrogens with two attached hydrogens (primary N) is 1. The zero-order valence-corrected chi connectivity index (χ0v) is 12.4. The number of benzene rings is 1. The maximum atomic E-state index is 13.4. The van der Waals surface area contributed by atoms with Crippen LogP contribution in [0, 0.1) is 5.82 Å². The number of hydrogen-bond acceptors (Lipinski definition) is 4. The molecule has 1 aliphatic rings. The second-order valence-electron chi connectivity index (χ2n) is 4.97. The van der Waals surface area contributed by atoms with E-state index in [2.05, 4.69) is 0 Å². The van der Waals surface area contributed by atoms with E-state index < -0.39 is 27.8 Å². The summed E-state index contributed by atoms with van der Waals surface area (Å²) in [5, 5.41) is 5.05. The highest BCUT2D eigenvalue weighted by Crippen LogP contribution is 2.26. The lowest BCUT2D eigenvalue weighted by atomic mass is 10.1. The smallest absolute Gasteiger partial charge is 0.258 e. The molecule has 1 amide bonds. The molecule has 0 bridgehead atoms. The van der Waals surface area contributed by atoms with Crippen LogP contribution in [0.1, 0.15) is 23.2 Å². The van der Waals surface area contributed by atoms with Crippen molar-refractivity contribution in [1.29, 1.82) is 0 Å². The van der Waals surface area contributed by atoms with Gasteiger partial charge in [-0.2, -0.15) is 0 Å². The van der Waals surface area contributed by atoms with Crippen molar-refractivity contribution in [2.45, 2.75) is 18.9 Å². The summed E-state index contributed by atoms with van der Waals surface area (Å²) in [6.45, 7) is 0.415. The summed E-state index contributed by atoms with van der Waals surface area (Å²) in [6, 6.07) is 3.17. The van der Waals surface area contributed by atoms with Crippen molar-refractivity contribution in [2.75, 3.05) is 19.4 Å². The van der Waals surface area contributed by atoms with Crippen LogP contribution in [0.5, 0.6) is 5.75 Å². The van der Waals surface area contributed by atoms with Crippen molar-refractivity contribution in [3.8, 4) is 5.75 Å². The minimum atomic E-state index is -3.68. The van der Waals surface area contributed by atoms with E-state index in [4.69, 9.17) is 9.88 Å². The maximum absolute atomic E-state index is 13.4. The molecular formula is C13H17FN2O4S. The summed E-state index contributed by atoms with van der Waals surface area (Å²) < 4.78 is 40.9. The molecule has 8 heteroatoms. The van der Waals surface area contributed by atoms with E-state index >= 15 is 0 Å². The minimum absolute atomic E-state index is 0.0822. The molecule has 1 saturated heterocycles. The quantitative estimate of drug-likeness (QED) is 0.886. The van der Waals surface area contributed by atoms with E-state index in [1.807, 2.05) is 0 Å². The van der Waals surface area contributed by atoms with Gasteiger partial charge in [0.25, 0.3) is 5.91 Å². The van der Waals surface area contributed by atoms with Gasteiger partial charge in [-0.1, -0.05) is 0 Å². The summed E-state index contributed by atoms with van der Waals surface area (Å²) in [6.07, 6.45) is 1.24. The number of methoxy groups -OCH3 is 1. The number of rotatable bonds is 4. The van der Waals surface area contributed by atoms with E-state index in [9.17, 15) is 17.6 Å². The van der Waals surface area contributed by atoms with Crippen LogP contribution in [0.4, 0.5) is 4.39 Å². The predicted octanol–water partition coefficient (Wildman–Crippen LogP) is 0.727. The van der Waals surface area contributed by atoms with Crippen LogP contribution in [-0.2, 0) is 10.0 Å². The summed E-state index contributed by atoms with van der Waals surface area (Å²) in [4.78, 5) is 13.9. The van der Waals surface area contributed by atoms with Gasteiger partial charge in [0.05, 0.1) is 18.4 Å². The third-order valence-corrected chi connectivity index (χ3v) is 4.30. The van der Waals surface area contributed by atoms with Crippen LogP contribution < -0.4 is 9.88 Å². The molecule has 0 spiro atoms. The number of carbonyl (C=O) groups is 1. The fourth-order valence-electron chi connectivity index (χ4n) is 2.55. The SMILES string of the molecule is COc1ccc(F)cc1C(=O)N1CCCC1CS(N)(=O)=O. The molecule has 0 aromatic heterocycles. The second-order valence-corrected chi connectivity index (χ2v) is 6.63. The molecule has 0 saturated carbocycles. The van der Waals surface area contributed by atoms with Crippen LogP contribution in [0.25, 0.3) is 0 Å². The fraction of sp³-hybridized carbons (Fsp3) is 0.462. The second kappa shape index (κ2) is 5.98.